The molecule has 2 heteroatoms. The average Bonchev–Trinajstić information content (AvgIpc) is 2.03. The molecule has 0 amide bonds. The fourth-order valence-corrected chi connectivity index (χ4v) is 3.46. The molecule has 0 bridgehead atoms. The Balaban J connectivity index is 2.06. The van der Waals surface area contributed by atoms with Crippen LogP contribution in [0.3, 0.4) is 0 Å². The molecule has 13 heavy (non-hydrogen) atoms. The van der Waals surface area contributed by atoms with Crippen molar-refractivity contribution in [2.75, 3.05) is 5.75 Å². The molecule has 1 fully saturated rings. The van der Waals surface area contributed by atoms with Crippen LogP contribution in [0.25, 0.3) is 0 Å². The maximum atomic E-state index is 5.94. The third kappa shape index (κ3) is 4.92. The highest BCUT2D eigenvalue weighted by Gasteiger charge is 2.18. The normalized spacial score (nSPS) is 29.5. The summed E-state index contributed by atoms with van der Waals surface area (Å²) in [5, 5.41) is 0.863. The summed E-state index contributed by atoms with van der Waals surface area (Å²) in [6.07, 6.45) is 6.61. The van der Waals surface area contributed by atoms with E-state index < -0.39 is 0 Å². The van der Waals surface area contributed by atoms with E-state index in [1.54, 1.807) is 0 Å². The van der Waals surface area contributed by atoms with E-state index in [2.05, 4.69) is 25.6 Å². The van der Waals surface area contributed by atoms with E-state index in [1.165, 1.54) is 37.9 Å². The predicted octanol–water partition coefficient (Wildman–Crippen LogP) is 3.04. The van der Waals surface area contributed by atoms with Gasteiger partial charge in [0.2, 0.25) is 0 Å². The lowest BCUT2D eigenvalue weighted by Gasteiger charge is -2.26. The van der Waals surface area contributed by atoms with Crippen molar-refractivity contribution in [3.63, 3.8) is 0 Å². The summed E-state index contributed by atoms with van der Waals surface area (Å²) < 4.78 is 0. The van der Waals surface area contributed by atoms with E-state index in [0.717, 1.165) is 11.2 Å². The standard InChI is InChI=1S/C11H23NS/c1-9(2)6-7-13-11-5-3-4-10(12)8-11/h9-11H,3-8,12H2,1-2H3. The van der Waals surface area contributed by atoms with Crippen molar-refractivity contribution in [1.82, 2.24) is 0 Å². The maximum absolute atomic E-state index is 5.94. The molecule has 0 saturated heterocycles. The number of hydrogen-bond acceptors (Lipinski definition) is 2. The monoisotopic (exact) mass is 201 g/mol. The quantitative estimate of drug-likeness (QED) is 0.756. The Bertz CT molecular complexity index is 136. The Hall–Kier alpha value is 0.310. The van der Waals surface area contributed by atoms with Crippen LogP contribution in [0.4, 0.5) is 0 Å². The molecule has 0 aromatic rings. The van der Waals surface area contributed by atoms with E-state index in [4.69, 9.17) is 5.73 Å². The van der Waals surface area contributed by atoms with Crippen molar-refractivity contribution >= 4 is 11.8 Å². The molecule has 0 aliphatic heterocycles. The van der Waals surface area contributed by atoms with Crippen molar-refractivity contribution in [3.05, 3.63) is 0 Å². The van der Waals surface area contributed by atoms with E-state index in [-0.39, 0.29) is 0 Å². The predicted molar refractivity (Wildman–Crippen MR) is 62.1 cm³/mol. The summed E-state index contributed by atoms with van der Waals surface area (Å²) in [4.78, 5) is 0. The van der Waals surface area contributed by atoms with Crippen LogP contribution in [0, 0.1) is 5.92 Å². The molecule has 1 rings (SSSR count). The van der Waals surface area contributed by atoms with Crippen LogP contribution in [0.1, 0.15) is 46.0 Å². The molecular weight excluding hydrogens is 178 g/mol. The lowest BCUT2D eigenvalue weighted by atomic mass is 9.96. The van der Waals surface area contributed by atoms with Crippen molar-refractivity contribution < 1.29 is 0 Å². The third-order valence-electron chi connectivity index (χ3n) is 2.72. The van der Waals surface area contributed by atoms with Crippen LogP contribution in [0.2, 0.25) is 0 Å². The Kier molecular flexibility index (Phi) is 5.18. The zero-order chi connectivity index (χ0) is 9.68. The van der Waals surface area contributed by atoms with Crippen LogP contribution in [-0.2, 0) is 0 Å². The molecule has 1 aliphatic carbocycles. The van der Waals surface area contributed by atoms with Gasteiger partial charge in [0.1, 0.15) is 0 Å². The smallest absolute Gasteiger partial charge is 0.00617 e. The number of rotatable bonds is 4. The van der Waals surface area contributed by atoms with Gasteiger partial charge in [0.05, 0.1) is 0 Å². The van der Waals surface area contributed by atoms with Gasteiger partial charge in [0, 0.05) is 11.3 Å². The van der Waals surface area contributed by atoms with Crippen molar-refractivity contribution in [2.45, 2.75) is 57.2 Å². The highest BCUT2D eigenvalue weighted by molar-refractivity contribution is 7.99. The molecule has 1 nitrogen and oxygen atoms in total. The summed E-state index contributed by atoms with van der Waals surface area (Å²) in [6, 6.07) is 0.491. The summed E-state index contributed by atoms with van der Waals surface area (Å²) in [7, 11) is 0. The molecule has 0 spiro atoms. The van der Waals surface area contributed by atoms with Gasteiger partial charge in [-0.15, -0.1) is 0 Å². The highest BCUT2D eigenvalue weighted by Crippen LogP contribution is 2.28. The van der Waals surface area contributed by atoms with Crippen LogP contribution in [0.15, 0.2) is 0 Å². The Morgan fingerprint density at radius 1 is 1.38 bits per heavy atom. The molecule has 2 atom stereocenters. The first-order valence-electron chi connectivity index (χ1n) is 5.55. The Morgan fingerprint density at radius 3 is 2.77 bits per heavy atom. The molecule has 78 valence electrons. The van der Waals surface area contributed by atoms with E-state index in [0.29, 0.717) is 6.04 Å². The van der Waals surface area contributed by atoms with Gasteiger partial charge in [-0.25, -0.2) is 0 Å². The Labute approximate surface area is 86.8 Å². The first kappa shape index (κ1) is 11.4. The van der Waals surface area contributed by atoms with Crippen molar-refractivity contribution in [2.24, 2.45) is 11.7 Å². The molecular formula is C11H23NS. The maximum Gasteiger partial charge on any atom is 0.00617 e. The van der Waals surface area contributed by atoms with Gasteiger partial charge in [-0.3, -0.25) is 0 Å². The molecule has 0 heterocycles. The van der Waals surface area contributed by atoms with Crippen LogP contribution in [-0.4, -0.2) is 17.0 Å². The molecule has 2 unspecified atom stereocenters. The number of thioether (sulfide) groups is 1. The van der Waals surface area contributed by atoms with Gasteiger partial charge in [0.15, 0.2) is 0 Å². The van der Waals surface area contributed by atoms with Gasteiger partial charge in [-0.1, -0.05) is 20.3 Å². The van der Waals surface area contributed by atoms with Gasteiger partial charge in [-0.05, 0) is 37.4 Å². The Morgan fingerprint density at radius 2 is 2.15 bits per heavy atom. The van der Waals surface area contributed by atoms with Gasteiger partial charge in [-0.2, -0.15) is 11.8 Å². The van der Waals surface area contributed by atoms with Crippen LogP contribution < -0.4 is 5.73 Å². The summed E-state index contributed by atoms with van der Waals surface area (Å²) in [5.41, 5.74) is 5.94. The molecule has 1 aliphatic rings. The lowest BCUT2D eigenvalue weighted by molar-refractivity contribution is 0.451. The SMILES string of the molecule is CC(C)CCSC1CCCC(N)C1. The van der Waals surface area contributed by atoms with Crippen LogP contribution in [0.5, 0.6) is 0 Å². The minimum absolute atomic E-state index is 0.491. The fraction of sp³-hybridized carbons (Fsp3) is 1.00. The molecule has 2 N–H and O–H groups in total. The third-order valence-corrected chi connectivity index (χ3v) is 4.09. The first-order chi connectivity index (χ1) is 6.18. The van der Waals surface area contributed by atoms with Crippen LogP contribution >= 0.6 is 11.8 Å². The number of hydrogen-bond donors (Lipinski definition) is 1. The van der Waals surface area contributed by atoms with Crippen molar-refractivity contribution in [1.29, 1.82) is 0 Å². The minimum atomic E-state index is 0.491. The topological polar surface area (TPSA) is 26.0 Å². The largest absolute Gasteiger partial charge is 0.328 e. The van der Waals surface area contributed by atoms with E-state index in [9.17, 15) is 0 Å². The second kappa shape index (κ2) is 5.92. The van der Waals surface area contributed by atoms with Gasteiger partial charge in [0.25, 0.3) is 0 Å². The second-order valence-corrected chi connectivity index (χ2v) is 6.01. The lowest BCUT2D eigenvalue weighted by Crippen LogP contribution is -2.29. The molecule has 0 aromatic heterocycles. The van der Waals surface area contributed by atoms with E-state index in [1.807, 2.05) is 0 Å². The molecule has 0 radical (unpaired) electrons. The van der Waals surface area contributed by atoms with Crippen molar-refractivity contribution in [3.8, 4) is 0 Å². The molecule has 1 saturated carbocycles. The summed E-state index contributed by atoms with van der Waals surface area (Å²) in [5.74, 6) is 2.18. The average molecular weight is 201 g/mol. The zero-order valence-corrected chi connectivity index (χ0v) is 9.78. The van der Waals surface area contributed by atoms with Gasteiger partial charge >= 0.3 is 0 Å². The summed E-state index contributed by atoms with van der Waals surface area (Å²) in [6.45, 7) is 4.60. The first-order valence-corrected chi connectivity index (χ1v) is 6.60. The van der Waals surface area contributed by atoms with E-state index >= 15 is 0 Å². The van der Waals surface area contributed by atoms with Gasteiger partial charge < -0.3 is 5.73 Å². The highest BCUT2D eigenvalue weighted by atomic mass is 32.2. The zero-order valence-electron chi connectivity index (χ0n) is 8.96. The number of nitrogens with two attached hydrogens (primary N) is 1. The fourth-order valence-electron chi connectivity index (χ4n) is 1.80. The summed E-state index contributed by atoms with van der Waals surface area (Å²) >= 11 is 2.15. The molecule has 0 aromatic carbocycles. The minimum Gasteiger partial charge on any atom is -0.328 e. The second-order valence-electron chi connectivity index (χ2n) is 4.60.